The Hall–Kier alpha value is -2.97. The number of piperazine rings is 1. The van der Waals surface area contributed by atoms with Crippen molar-refractivity contribution in [3.8, 4) is 0 Å². The molecular formula is C24H30N6O2. The van der Waals surface area contributed by atoms with Crippen LogP contribution in [0.2, 0.25) is 0 Å². The molecule has 0 bridgehead atoms. The van der Waals surface area contributed by atoms with E-state index in [1.54, 1.807) is 0 Å². The molecule has 0 saturated carbocycles. The van der Waals surface area contributed by atoms with Gasteiger partial charge >= 0.3 is 0 Å². The van der Waals surface area contributed by atoms with Gasteiger partial charge in [-0.3, -0.25) is 19.6 Å². The van der Waals surface area contributed by atoms with Crippen LogP contribution in [0.1, 0.15) is 25.0 Å². The fourth-order valence-corrected chi connectivity index (χ4v) is 4.78. The molecule has 2 fully saturated rings. The first-order chi connectivity index (χ1) is 15.7. The highest BCUT2D eigenvalue weighted by atomic mass is 16.2. The van der Waals surface area contributed by atoms with Crippen LogP contribution >= 0.6 is 0 Å². The monoisotopic (exact) mass is 434 g/mol. The number of amides is 2. The first kappa shape index (κ1) is 20.9. The fraction of sp³-hybridized carbons (Fsp3) is 0.458. The normalized spacial score (nSPS) is 21.7. The number of carbonyl (C=O) groups excluding carboxylic acids is 2. The summed E-state index contributed by atoms with van der Waals surface area (Å²) in [7, 11) is 0. The molecule has 1 unspecified atom stereocenters. The highest BCUT2D eigenvalue weighted by Crippen LogP contribution is 2.30. The Morgan fingerprint density at radius 1 is 1.19 bits per heavy atom. The van der Waals surface area contributed by atoms with E-state index in [0.717, 1.165) is 74.3 Å². The molecule has 3 heterocycles. The predicted octanol–water partition coefficient (Wildman–Crippen LogP) is 1.99. The van der Waals surface area contributed by atoms with Gasteiger partial charge in [0.2, 0.25) is 11.8 Å². The summed E-state index contributed by atoms with van der Waals surface area (Å²) in [5.74, 6) is 0.0835. The highest BCUT2D eigenvalue weighted by Gasteiger charge is 2.30. The van der Waals surface area contributed by atoms with E-state index >= 15 is 0 Å². The van der Waals surface area contributed by atoms with E-state index < -0.39 is 0 Å². The lowest BCUT2D eigenvalue weighted by molar-refractivity contribution is -0.133. The van der Waals surface area contributed by atoms with Crippen molar-refractivity contribution in [1.29, 1.82) is 0 Å². The van der Waals surface area contributed by atoms with E-state index in [1.807, 2.05) is 23.1 Å². The maximum absolute atomic E-state index is 12.9. The number of allylic oxidation sites excluding steroid dienone is 4. The summed E-state index contributed by atoms with van der Waals surface area (Å²) in [5, 5.41) is 15.0. The second-order valence-electron chi connectivity index (χ2n) is 8.83. The number of hydrogen-bond donors (Lipinski definition) is 3. The van der Waals surface area contributed by atoms with E-state index in [2.05, 4.69) is 44.0 Å². The van der Waals surface area contributed by atoms with Crippen molar-refractivity contribution >= 4 is 34.0 Å². The lowest BCUT2D eigenvalue weighted by atomic mass is 9.99. The Labute approximate surface area is 187 Å². The van der Waals surface area contributed by atoms with Crippen LogP contribution in [-0.4, -0.2) is 77.6 Å². The van der Waals surface area contributed by atoms with Crippen molar-refractivity contribution in [1.82, 2.24) is 25.3 Å². The Balaban J connectivity index is 1.21. The summed E-state index contributed by atoms with van der Waals surface area (Å²) < 4.78 is 0. The number of fused-ring (bicyclic) bond motifs is 1. The molecule has 5 rings (SSSR count). The molecule has 3 aliphatic rings. The number of likely N-dealkylation sites (tertiary alicyclic amines) is 1. The molecule has 32 heavy (non-hydrogen) atoms. The van der Waals surface area contributed by atoms with Gasteiger partial charge in [-0.05, 0) is 49.6 Å². The molecule has 0 radical (unpaired) electrons. The van der Waals surface area contributed by atoms with Crippen LogP contribution in [0.15, 0.2) is 36.4 Å². The standard InChI is InChI=1S/C24H30N6O2/c31-22(30-12-9-25-10-13-30)16-29-11-8-18(15-29)24(32)26-19-6-7-21-20(14-19)23(28-27-21)17-4-2-1-3-5-17/h1-2,4,6-7,14,18,25H,3,5,8-13,15-16H2,(H,26,32)(H,27,28). The molecule has 8 heteroatoms. The molecule has 1 aromatic heterocycles. The zero-order valence-electron chi connectivity index (χ0n) is 18.3. The van der Waals surface area contributed by atoms with Crippen LogP contribution in [0.3, 0.4) is 0 Å². The minimum atomic E-state index is -0.100. The summed E-state index contributed by atoms with van der Waals surface area (Å²) in [5.41, 5.74) is 3.92. The first-order valence-corrected chi connectivity index (χ1v) is 11.5. The third kappa shape index (κ3) is 4.47. The maximum Gasteiger partial charge on any atom is 0.236 e. The molecule has 0 spiro atoms. The van der Waals surface area contributed by atoms with Crippen LogP contribution in [0.25, 0.3) is 16.5 Å². The van der Waals surface area contributed by atoms with Crippen molar-refractivity contribution in [2.24, 2.45) is 5.92 Å². The van der Waals surface area contributed by atoms with Crippen LogP contribution in [0.5, 0.6) is 0 Å². The van der Waals surface area contributed by atoms with Gasteiger partial charge in [0.15, 0.2) is 0 Å². The second kappa shape index (κ2) is 9.26. The fourth-order valence-electron chi connectivity index (χ4n) is 4.78. The molecule has 8 nitrogen and oxygen atoms in total. The number of nitrogens with one attached hydrogen (secondary N) is 3. The number of H-pyrrole nitrogens is 1. The molecule has 2 amide bonds. The van der Waals surface area contributed by atoms with Gasteiger partial charge < -0.3 is 15.5 Å². The number of nitrogens with zero attached hydrogens (tertiary/aromatic N) is 3. The van der Waals surface area contributed by atoms with Crippen molar-refractivity contribution < 1.29 is 9.59 Å². The average Bonchev–Trinajstić information content (AvgIpc) is 3.47. The van der Waals surface area contributed by atoms with Crippen molar-refractivity contribution in [2.45, 2.75) is 19.3 Å². The Kier molecular flexibility index (Phi) is 6.05. The number of aromatic nitrogens is 2. The van der Waals surface area contributed by atoms with Gasteiger partial charge in [0.1, 0.15) is 0 Å². The van der Waals surface area contributed by atoms with Gasteiger partial charge in [-0.1, -0.05) is 18.2 Å². The molecule has 1 atom stereocenters. The average molecular weight is 435 g/mol. The van der Waals surface area contributed by atoms with Crippen LogP contribution < -0.4 is 10.6 Å². The quantitative estimate of drug-likeness (QED) is 0.669. The van der Waals surface area contributed by atoms with Crippen LogP contribution in [-0.2, 0) is 9.59 Å². The lowest BCUT2D eigenvalue weighted by Gasteiger charge is -2.29. The van der Waals surface area contributed by atoms with Crippen molar-refractivity contribution in [2.75, 3.05) is 51.1 Å². The van der Waals surface area contributed by atoms with E-state index in [1.165, 1.54) is 5.57 Å². The van der Waals surface area contributed by atoms with E-state index in [-0.39, 0.29) is 17.7 Å². The number of carbonyl (C=O) groups is 2. The summed E-state index contributed by atoms with van der Waals surface area (Å²) in [6.07, 6.45) is 9.11. The van der Waals surface area contributed by atoms with Gasteiger partial charge in [-0.2, -0.15) is 5.10 Å². The second-order valence-corrected chi connectivity index (χ2v) is 8.83. The molecule has 2 aliphatic heterocycles. The van der Waals surface area contributed by atoms with E-state index in [9.17, 15) is 9.59 Å². The summed E-state index contributed by atoms with van der Waals surface area (Å²) >= 11 is 0. The van der Waals surface area contributed by atoms with Gasteiger partial charge in [0.25, 0.3) is 0 Å². The van der Waals surface area contributed by atoms with E-state index in [4.69, 9.17) is 0 Å². The topological polar surface area (TPSA) is 93.4 Å². The zero-order chi connectivity index (χ0) is 21.9. The van der Waals surface area contributed by atoms with E-state index in [0.29, 0.717) is 13.1 Å². The Morgan fingerprint density at radius 2 is 2.06 bits per heavy atom. The minimum absolute atomic E-state index is 0.0198. The maximum atomic E-state index is 12.9. The zero-order valence-corrected chi connectivity index (χ0v) is 18.3. The van der Waals surface area contributed by atoms with Crippen LogP contribution in [0, 0.1) is 5.92 Å². The third-order valence-electron chi connectivity index (χ3n) is 6.62. The SMILES string of the molecule is O=C(Nc1ccc2[nH]nc(C3=CC=CCC3)c2c1)C1CCN(CC(=O)N2CCNCC2)C1. The number of hydrogen-bond acceptors (Lipinski definition) is 5. The van der Waals surface area contributed by atoms with Crippen molar-refractivity contribution in [3.05, 3.63) is 42.1 Å². The van der Waals surface area contributed by atoms with Crippen LogP contribution in [0.4, 0.5) is 5.69 Å². The number of benzene rings is 1. The molecule has 2 saturated heterocycles. The molecule has 3 N–H and O–H groups in total. The van der Waals surface area contributed by atoms with Crippen molar-refractivity contribution in [3.63, 3.8) is 0 Å². The molecular weight excluding hydrogens is 404 g/mol. The van der Waals surface area contributed by atoms with Gasteiger partial charge in [-0.15, -0.1) is 0 Å². The third-order valence-corrected chi connectivity index (χ3v) is 6.62. The summed E-state index contributed by atoms with van der Waals surface area (Å²) in [6, 6.07) is 5.89. The van der Waals surface area contributed by atoms with Gasteiger partial charge in [0.05, 0.1) is 23.7 Å². The number of anilines is 1. The van der Waals surface area contributed by atoms with Gasteiger partial charge in [-0.25, -0.2) is 0 Å². The predicted molar refractivity (Wildman–Crippen MR) is 125 cm³/mol. The Morgan fingerprint density at radius 3 is 2.88 bits per heavy atom. The molecule has 1 aromatic carbocycles. The minimum Gasteiger partial charge on any atom is -0.339 e. The molecule has 2 aromatic rings. The first-order valence-electron chi connectivity index (χ1n) is 11.5. The number of aromatic amines is 1. The smallest absolute Gasteiger partial charge is 0.236 e. The largest absolute Gasteiger partial charge is 0.339 e. The Bertz CT molecular complexity index is 1070. The molecule has 1 aliphatic carbocycles. The van der Waals surface area contributed by atoms with Gasteiger partial charge in [0, 0.05) is 43.8 Å². The summed E-state index contributed by atoms with van der Waals surface area (Å²) in [6.45, 7) is 5.05. The lowest BCUT2D eigenvalue weighted by Crippen LogP contribution is -2.49. The number of rotatable bonds is 5. The highest BCUT2D eigenvalue weighted by molar-refractivity contribution is 5.98. The molecule has 168 valence electrons. The summed E-state index contributed by atoms with van der Waals surface area (Å²) in [4.78, 5) is 29.5.